The molecule has 1 amide bonds. The number of hydrogen-bond acceptors (Lipinski definition) is 5. The van der Waals surface area contributed by atoms with Crippen molar-refractivity contribution in [1.82, 2.24) is 20.2 Å². The molecule has 2 aromatic rings. The molecule has 3 rings (SSSR count). The van der Waals surface area contributed by atoms with Crippen molar-refractivity contribution < 1.29 is 4.79 Å². The Morgan fingerprint density at radius 1 is 1.30 bits per heavy atom. The van der Waals surface area contributed by atoms with E-state index in [4.69, 9.17) is 5.84 Å². The molecule has 7 heteroatoms. The summed E-state index contributed by atoms with van der Waals surface area (Å²) in [6.07, 6.45) is 8.14. The molecule has 0 saturated carbocycles. The molecule has 27 heavy (non-hydrogen) atoms. The molecular formula is C20H27N5OS. The van der Waals surface area contributed by atoms with E-state index in [0.29, 0.717) is 17.5 Å². The van der Waals surface area contributed by atoms with Crippen LogP contribution >= 0.6 is 11.8 Å². The molecule has 6 nitrogen and oxygen atoms in total. The molecule has 0 radical (unpaired) electrons. The van der Waals surface area contributed by atoms with Crippen LogP contribution in [0, 0.1) is 6.92 Å². The number of nitrogens with one attached hydrogen (secondary N) is 1. The number of nitrogens with two attached hydrogens (primary N) is 1. The van der Waals surface area contributed by atoms with Crippen molar-refractivity contribution in [1.29, 1.82) is 0 Å². The van der Waals surface area contributed by atoms with Gasteiger partial charge in [0.15, 0.2) is 5.82 Å². The predicted molar refractivity (Wildman–Crippen MR) is 110 cm³/mol. The van der Waals surface area contributed by atoms with Crippen LogP contribution in [-0.4, -0.2) is 32.6 Å². The molecule has 0 saturated heterocycles. The number of aryl methyl sites for hydroxylation is 1. The summed E-state index contributed by atoms with van der Waals surface area (Å²) in [5.74, 6) is 6.74. The van der Waals surface area contributed by atoms with Gasteiger partial charge in [0.2, 0.25) is 11.1 Å². The van der Waals surface area contributed by atoms with Crippen molar-refractivity contribution >= 4 is 17.7 Å². The van der Waals surface area contributed by atoms with E-state index < -0.39 is 0 Å². The fourth-order valence-electron chi connectivity index (χ4n) is 3.09. The Balaban J connectivity index is 1.54. The minimum Gasteiger partial charge on any atom is -0.355 e. The summed E-state index contributed by atoms with van der Waals surface area (Å²) < 4.78 is 1.45. The molecule has 1 aliphatic carbocycles. The number of nitrogens with zero attached hydrogens (tertiary/aromatic N) is 3. The Kier molecular flexibility index (Phi) is 6.55. The molecule has 0 bridgehead atoms. The normalized spacial score (nSPS) is 15.3. The van der Waals surface area contributed by atoms with Crippen molar-refractivity contribution in [2.75, 3.05) is 12.4 Å². The maximum absolute atomic E-state index is 12.4. The number of nitrogen functional groups attached to an aromatic ring is 1. The van der Waals surface area contributed by atoms with Crippen molar-refractivity contribution in [2.24, 2.45) is 0 Å². The van der Waals surface area contributed by atoms with Gasteiger partial charge in [-0.25, -0.2) is 4.68 Å². The molecule has 1 heterocycles. The van der Waals surface area contributed by atoms with Gasteiger partial charge in [-0.15, -0.1) is 10.2 Å². The number of aromatic nitrogens is 3. The Morgan fingerprint density at radius 2 is 2.07 bits per heavy atom. The molecule has 1 atom stereocenters. The van der Waals surface area contributed by atoms with Crippen LogP contribution in [0.5, 0.6) is 0 Å². The van der Waals surface area contributed by atoms with Gasteiger partial charge in [-0.2, -0.15) is 0 Å². The van der Waals surface area contributed by atoms with E-state index in [1.807, 2.05) is 38.1 Å². The molecule has 144 valence electrons. The summed E-state index contributed by atoms with van der Waals surface area (Å²) in [5, 5.41) is 11.6. The average Bonchev–Trinajstić information content (AvgIpc) is 3.03. The Labute approximate surface area is 164 Å². The van der Waals surface area contributed by atoms with Gasteiger partial charge in [0.1, 0.15) is 0 Å². The molecule has 0 fully saturated rings. The van der Waals surface area contributed by atoms with Crippen LogP contribution < -0.4 is 11.2 Å². The molecule has 1 aliphatic rings. The Hall–Kier alpha value is -2.28. The zero-order valence-corrected chi connectivity index (χ0v) is 16.8. The Bertz CT molecular complexity index is 812. The van der Waals surface area contributed by atoms with E-state index in [1.54, 1.807) is 0 Å². The maximum Gasteiger partial charge on any atom is 0.233 e. The standard InChI is InChI=1S/C20H27N5OS/c1-14-8-10-17(11-9-14)18-23-24-20(25(18)21)27-15(2)19(26)22-13-12-16-6-4-3-5-7-16/h6,8-11,15H,3-5,7,12-13,21H2,1-2H3,(H,22,26)/t15-/m1/s1. The lowest BCUT2D eigenvalue weighted by Crippen LogP contribution is -2.32. The number of benzene rings is 1. The lowest BCUT2D eigenvalue weighted by molar-refractivity contribution is -0.120. The van der Waals surface area contributed by atoms with Crippen LogP contribution in [0.1, 0.15) is 44.6 Å². The van der Waals surface area contributed by atoms with Gasteiger partial charge in [0.05, 0.1) is 5.25 Å². The van der Waals surface area contributed by atoms with Crippen LogP contribution in [0.25, 0.3) is 11.4 Å². The zero-order valence-electron chi connectivity index (χ0n) is 15.9. The number of carbonyl (C=O) groups excluding carboxylic acids is 1. The van der Waals surface area contributed by atoms with Gasteiger partial charge in [-0.3, -0.25) is 4.79 Å². The zero-order chi connectivity index (χ0) is 19.2. The fourth-order valence-corrected chi connectivity index (χ4v) is 3.88. The smallest absolute Gasteiger partial charge is 0.233 e. The summed E-state index contributed by atoms with van der Waals surface area (Å²) in [6, 6.07) is 7.95. The van der Waals surface area contributed by atoms with Crippen LogP contribution in [-0.2, 0) is 4.79 Å². The molecule has 3 N–H and O–H groups in total. The third kappa shape index (κ3) is 5.13. The van der Waals surface area contributed by atoms with Crippen LogP contribution in [0.2, 0.25) is 0 Å². The van der Waals surface area contributed by atoms with Gasteiger partial charge in [0.25, 0.3) is 0 Å². The Morgan fingerprint density at radius 3 is 2.78 bits per heavy atom. The highest BCUT2D eigenvalue weighted by molar-refractivity contribution is 8.00. The van der Waals surface area contributed by atoms with E-state index in [9.17, 15) is 4.79 Å². The second kappa shape index (κ2) is 9.08. The van der Waals surface area contributed by atoms with E-state index in [0.717, 1.165) is 18.4 Å². The quantitative estimate of drug-likeness (QED) is 0.433. The summed E-state index contributed by atoms with van der Waals surface area (Å²) in [6.45, 7) is 4.57. The first-order valence-corrected chi connectivity index (χ1v) is 10.3. The second-order valence-electron chi connectivity index (χ2n) is 6.95. The molecule has 0 spiro atoms. The van der Waals surface area contributed by atoms with Crippen molar-refractivity contribution in [3.05, 3.63) is 41.5 Å². The third-order valence-corrected chi connectivity index (χ3v) is 5.81. The molecule has 1 aromatic heterocycles. The first-order chi connectivity index (χ1) is 13.0. The highest BCUT2D eigenvalue weighted by Crippen LogP contribution is 2.25. The molecule has 0 aliphatic heterocycles. The summed E-state index contributed by atoms with van der Waals surface area (Å²) in [4.78, 5) is 12.4. The summed E-state index contributed by atoms with van der Waals surface area (Å²) >= 11 is 1.32. The lowest BCUT2D eigenvalue weighted by atomic mass is 9.97. The predicted octanol–water partition coefficient (Wildman–Crippen LogP) is 3.45. The summed E-state index contributed by atoms with van der Waals surface area (Å²) in [5.41, 5.74) is 3.54. The molecule has 1 aromatic carbocycles. The number of carbonyl (C=O) groups is 1. The second-order valence-corrected chi connectivity index (χ2v) is 8.26. The highest BCUT2D eigenvalue weighted by atomic mass is 32.2. The first kappa shape index (κ1) is 19.5. The average molecular weight is 386 g/mol. The van der Waals surface area contributed by atoms with Gasteiger partial charge >= 0.3 is 0 Å². The third-order valence-electron chi connectivity index (χ3n) is 4.76. The largest absolute Gasteiger partial charge is 0.355 e. The van der Waals surface area contributed by atoms with Gasteiger partial charge < -0.3 is 11.2 Å². The number of rotatable bonds is 7. The van der Waals surface area contributed by atoms with E-state index in [2.05, 4.69) is 21.6 Å². The lowest BCUT2D eigenvalue weighted by Gasteiger charge is -2.14. The fraction of sp³-hybridized carbons (Fsp3) is 0.450. The number of allylic oxidation sites excluding steroid dienone is 1. The summed E-state index contributed by atoms with van der Waals surface area (Å²) in [7, 11) is 0. The SMILES string of the molecule is Cc1ccc(-c2nnc(S[C@H](C)C(=O)NCCC3=CCCCC3)n2N)cc1. The molecular weight excluding hydrogens is 358 g/mol. The van der Waals surface area contributed by atoms with E-state index >= 15 is 0 Å². The van der Waals surface area contributed by atoms with Gasteiger partial charge in [-0.05, 0) is 46.0 Å². The van der Waals surface area contributed by atoms with E-state index in [-0.39, 0.29) is 11.2 Å². The maximum atomic E-state index is 12.4. The minimum atomic E-state index is -0.289. The molecule has 0 unspecified atom stereocenters. The van der Waals surface area contributed by atoms with Crippen molar-refractivity contribution in [3.63, 3.8) is 0 Å². The minimum absolute atomic E-state index is 0.00343. The topological polar surface area (TPSA) is 85.8 Å². The van der Waals surface area contributed by atoms with Crippen LogP contribution in [0.15, 0.2) is 41.1 Å². The van der Waals surface area contributed by atoms with Gasteiger partial charge in [-0.1, -0.05) is 53.2 Å². The number of hydrogen-bond donors (Lipinski definition) is 2. The van der Waals surface area contributed by atoms with Crippen molar-refractivity contribution in [2.45, 2.75) is 56.4 Å². The first-order valence-electron chi connectivity index (χ1n) is 9.44. The highest BCUT2D eigenvalue weighted by Gasteiger charge is 2.19. The van der Waals surface area contributed by atoms with E-state index in [1.165, 1.54) is 46.8 Å². The number of amides is 1. The monoisotopic (exact) mass is 385 g/mol. The van der Waals surface area contributed by atoms with Crippen LogP contribution in [0.4, 0.5) is 0 Å². The van der Waals surface area contributed by atoms with Crippen molar-refractivity contribution in [3.8, 4) is 11.4 Å². The van der Waals surface area contributed by atoms with Gasteiger partial charge in [0, 0.05) is 12.1 Å². The van der Waals surface area contributed by atoms with Crippen LogP contribution in [0.3, 0.4) is 0 Å². The number of thioether (sulfide) groups is 1.